The number of carbonyl (C=O) groups is 1. The van der Waals surface area contributed by atoms with Gasteiger partial charge in [0.1, 0.15) is 0 Å². The average Bonchev–Trinajstić information content (AvgIpc) is 2.70. The largest absolute Gasteiger partial charge is 0.303 e. The number of carbonyl (C=O) groups excluding carboxylic acids is 1. The van der Waals surface area contributed by atoms with Gasteiger partial charge in [-0.05, 0) is 6.07 Å². The number of terminal acetylenes is 1. The molecule has 1 aliphatic rings. The smallest absolute Gasteiger partial charge is 0.296 e. The third-order valence-corrected chi connectivity index (χ3v) is 2.79. The van der Waals surface area contributed by atoms with Crippen LogP contribution in [0.15, 0.2) is 18.2 Å². The van der Waals surface area contributed by atoms with Gasteiger partial charge in [-0.3, -0.25) is 14.9 Å². The monoisotopic (exact) mass is 248 g/mol. The lowest BCUT2D eigenvalue weighted by Gasteiger charge is -2.16. The number of amides is 1. The van der Waals surface area contributed by atoms with E-state index in [0.717, 1.165) is 17.0 Å². The van der Waals surface area contributed by atoms with Crippen LogP contribution in [-0.4, -0.2) is 17.4 Å². The Balaban J connectivity index is 2.49. The van der Waals surface area contributed by atoms with Gasteiger partial charge in [-0.1, -0.05) is 6.07 Å². The van der Waals surface area contributed by atoms with Crippen molar-refractivity contribution in [2.45, 2.75) is 6.42 Å². The molecule has 1 saturated heterocycles. The second kappa shape index (κ2) is 4.45. The molecule has 0 N–H and O–H groups in total. The number of rotatable bonds is 2. The van der Waals surface area contributed by atoms with Crippen molar-refractivity contribution in [1.82, 2.24) is 0 Å². The first-order valence-electron chi connectivity index (χ1n) is 5.24. The Morgan fingerprint density at radius 1 is 1.56 bits per heavy atom. The highest BCUT2D eigenvalue weighted by molar-refractivity contribution is 5.98. The maximum absolute atomic E-state index is 13.7. The van der Waals surface area contributed by atoms with Crippen LogP contribution < -0.4 is 4.90 Å². The van der Waals surface area contributed by atoms with Crippen LogP contribution >= 0.6 is 0 Å². The number of hydrogen-bond acceptors (Lipinski definition) is 3. The van der Waals surface area contributed by atoms with Crippen LogP contribution in [0.25, 0.3) is 0 Å². The Morgan fingerprint density at radius 3 is 2.83 bits per heavy atom. The van der Waals surface area contributed by atoms with Gasteiger partial charge < -0.3 is 4.90 Å². The molecule has 0 aliphatic carbocycles. The summed E-state index contributed by atoms with van der Waals surface area (Å²) in [5.41, 5.74) is -0.730. The van der Waals surface area contributed by atoms with Crippen LogP contribution in [0.1, 0.15) is 6.42 Å². The summed E-state index contributed by atoms with van der Waals surface area (Å²) in [6.07, 6.45) is 5.30. The molecule has 1 atom stereocenters. The lowest BCUT2D eigenvalue weighted by atomic mass is 10.1. The molecule has 0 saturated carbocycles. The Morgan fingerprint density at radius 2 is 2.28 bits per heavy atom. The number of halogens is 1. The second-order valence-corrected chi connectivity index (χ2v) is 3.94. The van der Waals surface area contributed by atoms with Crippen molar-refractivity contribution in [1.29, 1.82) is 0 Å². The van der Waals surface area contributed by atoms with E-state index in [1.807, 2.05) is 0 Å². The molecule has 0 aromatic heterocycles. The highest BCUT2D eigenvalue weighted by atomic mass is 19.1. The molecule has 1 amide bonds. The van der Waals surface area contributed by atoms with Gasteiger partial charge in [-0.2, -0.15) is 0 Å². The first-order chi connectivity index (χ1) is 8.54. The topological polar surface area (TPSA) is 63.5 Å². The van der Waals surface area contributed by atoms with Crippen LogP contribution in [0.5, 0.6) is 0 Å². The summed E-state index contributed by atoms with van der Waals surface area (Å²) in [4.78, 5) is 22.9. The fourth-order valence-corrected chi connectivity index (χ4v) is 1.95. The van der Waals surface area contributed by atoms with Crippen molar-refractivity contribution >= 4 is 17.3 Å². The summed E-state index contributed by atoms with van der Waals surface area (Å²) in [5, 5.41) is 10.8. The molecule has 1 aromatic rings. The molecule has 6 heteroatoms. The molecule has 1 aromatic carbocycles. The maximum Gasteiger partial charge on any atom is 0.296 e. The van der Waals surface area contributed by atoms with E-state index in [2.05, 4.69) is 5.92 Å². The van der Waals surface area contributed by atoms with E-state index >= 15 is 0 Å². The minimum absolute atomic E-state index is 0.0853. The van der Waals surface area contributed by atoms with Crippen molar-refractivity contribution in [3.8, 4) is 12.3 Å². The number of anilines is 1. The van der Waals surface area contributed by atoms with Gasteiger partial charge in [0.25, 0.3) is 5.69 Å². The Hall–Kier alpha value is -2.42. The molecule has 1 fully saturated rings. The number of nitrogens with zero attached hydrogens (tertiary/aromatic N) is 2. The number of nitro groups is 1. The van der Waals surface area contributed by atoms with Gasteiger partial charge in [0.05, 0.1) is 4.92 Å². The van der Waals surface area contributed by atoms with Crippen molar-refractivity contribution in [2.75, 3.05) is 11.4 Å². The predicted octanol–water partition coefficient (Wildman–Crippen LogP) is 1.72. The van der Waals surface area contributed by atoms with Gasteiger partial charge in [-0.15, -0.1) is 12.3 Å². The summed E-state index contributed by atoms with van der Waals surface area (Å²) in [6.45, 7) is 0.108. The van der Waals surface area contributed by atoms with E-state index in [4.69, 9.17) is 6.42 Å². The third-order valence-electron chi connectivity index (χ3n) is 2.79. The number of hydrogen-bond donors (Lipinski definition) is 0. The highest BCUT2D eigenvalue weighted by Crippen LogP contribution is 2.34. The summed E-state index contributed by atoms with van der Waals surface area (Å²) < 4.78 is 13.7. The van der Waals surface area contributed by atoms with E-state index < -0.39 is 22.3 Å². The minimum Gasteiger partial charge on any atom is -0.303 e. The van der Waals surface area contributed by atoms with Crippen molar-refractivity contribution in [3.63, 3.8) is 0 Å². The molecule has 92 valence electrons. The van der Waals surface area contributed by atoms with Gasteiger partial charge in [0.2, 0.25) is 5.91 Å². The summed E-state index contributed by atoms with van der Waals surface area (Å²) in [5.74, 6) is 0.878. The van der Waals surface area contributed by atoms with Crippen LogP contribution in [-0.2, 0) is 4.79 Å². The van der Waals surface area contributed by atoms with E-state index in [-0.39, 0.29) is 24.6 Å². The zero-order valence-electron chi connectivity index (χ0n) is 9.30. The average molecular weight is 248 g/mol. The molecule has 0 bridgehead atoms. The minimum atomic E-state index is -0.796. The molecule has 5 nitrogen and oxygen atoms in total. The van der Waals surface area contributed by atoms with Crippen LogP contribution in [0, 0.1) is 34.2 Å². The maximum atomic E-state index is 13.7. The SMILES string of the molecule is C#CC1CC(=O)N(c2c(F)cccc2[N+](=O)[O-])C1. The van der Waals surface area contributed by atoms with Crippen molar-refractivity contribution in [2.24, 2.45) is 5.92 Å². The molecule has 0 radical (unpaired) electrons. The summed E-state index contributed by atoms with van der Waals surface area (Å²) >= 11 is 0. The molecule has 0 spiro atoms. The highest BCUT2D eigenvalue weighted by Gasteiger charge is 2.35. The third kappa shape index (κ3) is 1.91. The van der Waals surface area contributed by atoms with Crippen LogP contribution in [0.4, 0.5) is 15.8 Å². The predicted molar refractivity (Wildman–Crippen MR) is 62.3 cm³/mol. The first-order valence-corrected chi connectivity index (χ1v) is 5.24. The Bertz CT molecular complexity index is 565. The van der Waals surface area contributed by atoms with E-state index in [1.54, 1.807) is 0 Å². The second-order valence-electron chi connectivity index (χ2n) is 3.94. The Kier molecular flexibility index (Phi) is 2.98. The standard InChI is InChI=1S/C12H9FN2O3/c1-2-8-6-11(16)14(7-8)12-9(13)4-3-5-10(12)15(17)18/h1,3-5,8H,6-7H2. The normalized spacial score (nSPS) is 18.8. The lowest BCUT2D eigenvalue weighted by molar-refractivity contribution is -0.384. The number of nitro benzene ring substituents is 1. The number of para-hydroxylation sites is 1. The van der Waals surface area contributed by atoms with Gasteiger partial charge in [0, 0.05) is 24.9 Å². The molecule has 18 heavy (non-hydrogen) atoms. The van der Waals surface area contributed by atoms with E-state index in [0.29, 0.717) is 0 Å². The Labute approximate surface area is 102 Å². The van der Waals surface area contributed by atoms with Crippen LogP contribution in [0.2, 0.25) is 0 Å². The number of benzene rings is 1. The fraction of sp³-hybridized carbons (Fsp3) is 0.250. The fourth-order valence-electron chi connectivity index (χ4n) is 1.95. The lowest BCUT2D eigenvalue weighted by Crippen LogP contribution is -2.26. The van der Waals surface area contributed by atoms with Crippen LogP contribution in [0.3, 0.4) is 0 Å². The molecular weight excluding hydrogens is 239 g/mol. The first kappa shape index (κ1) is 12.0. The zero-order valence-corrected chi connectivity index (χ0v) is 9.30. The molecule has 1 unspecified atom stereocenters. The van der Waals surface area contributed by atoms with Crippen molar-refractivity contribution < 1.29 is 14.1 Å². The quantitative estimate of drug-likeness (QED) is 0.454. The van der Waals surface area contributed by atoms with E-state index in [1.165, 1.54) is 6.07 Å². The molecular formula is C12H9FN2O3. The van der Waals surface area contributed by atoms with Gasteiger partial charge >= 0.3 is 0 Å². The summed E-state index contributed by atoms with van der Waals surface area (Å²) in [6, 6.07) is 3.48. The molecule has 2 rings (SSSR count). The van der Waals surface area contributed by atoms with E-state index in [9.17, 15) is 19.3 Å². The summed E-state index contributed by atoms with van der Waals surface area (Å²) in [7, 11) is 0. The van der Waals surface area contributed by atoms with Gasteiger partial charge in [-0.25, -0.2) is 4.39 Å². The van der Waals surface area contributed by atoms with Gasteiger partial charge in [0.15, 0.2) is 11.5 Å². The zero-order chi connectivity index (χ0) is 13.3. The molecule has 1 aliphatic heterocycles. The molecule has 1 heterocycles. The van der Waals surface area contributed by atoms with Crippen molar-refractivity contribution in [3.05, 3.63) is 34.1 Å².